The molecule has 4 nitrogen and oxygen atoms in total. The summed E-state index contributed by atoms with van der Waals surface area (Å²) in [6.45, 7) is 3.98. The van der Waals surface area contributed by atoms with Gasteiger partial charge in [0.05, 0.1) is 13.0 Å². The quantitative estimate of drug-likeness (QED) is 0.687. The maximum atomic E-state index is 11.6. The minimum atomic E-state index is 0.0520. The Morgan fingerprint density at radius 1 is 1.28 bits per heavy atom. The van der Waals surface area contributed by atoms with Crippen molar-refractivity contribution >= 4 is 5.91 Å². The average molecular weight is 250 g/mol. The molecule has 1 amide bonds. The predicted molar refractivity (Wildman–Crippen MR) is 72.6 cm³/mol. The smallest absolute Gasteiger partial charge is 0.224 e. The van der Waals surface area contributed by atoms with Crippen LogP contribution in [-0.4, -0.2) is 25.6 Å². The molecule has 0 heterocycles. The Labute approximate surface area is 109 Å². The molecular weight excluding hydrogens is 228 g/mol. The van der Waals surface area contributed by atoms with Gasteiger partial charge in [-0.1, -0.05) is 12.1 Å². The second-order valence-corrected chi connectivity index (χ2v) is 4.10. The third-order valence-electron chi connectivity index (χ3n) is 2.55. The van der Waals surface area contributed by atoms with E-state index in [1.165, 1.54) is 0 Å². The molecule has 0 saturated heterocycles. The Morgan fingerprint density at radius 2 is 2.00 bits per heavy atom. The number of carbonyl (C=O) groups is 1. The van der Waals surface area contributed by atoms with Crippen LogP contribution in [0.5, 0.6) is 5.75 Å². The van der Waals surface area contributed by atoms with Crippen LogP contribution in [0.3, 0.4) is 0 Å². The van der Waals surface area contributed by atoms with E-state index >= 15 is 0 Å². The highest BCUT2D eigenvalue weighted by Gasteiger charge is 2.02. The summed E-state index contributed by atoms with van der Waals surface area (Å²) in [7, 11) is 0. The molecule has 0 saturated carbocycles. The van der Waals surface area contributed by atoms with Crippen LogP contribution in [0.15, 0.2) is 24.3 Å². The Morgan fingerprint density at radius 3 is 2.61 bits per heavy atom. The number of nitrogens with one attached hydrogen (secondary N) is 1. The van der Waals surface area contributed by atoms with Crippen molar-refractivity contribution in [2.45, 2.75) is 26.2 Å². The van der Waals surface area contributed by atoms with Gasteiger partial charge < -0.3 is 15.8 Å². The Kier molecular flexibility index (Phi) is 6.87. The van der Waals surface area contributed by atoms with Crippen LogP contribution in [0.2, 0.25) is 0 Å². The lowest BCUT2D eigenvalue weighted by Crippen LogP contribution is -2.26. The van der Waals surface area contributed by atoms with Crippen LogP contribution in [0, 0.1) is 0 Å². The third kappa shape index (κ3) is 5.68. The summed E-state index contributed by atoms with van der Waals surface area (Å²) in [5, 5.41) is 2.88. The van der Waals surface area contributed by atoms with Gasteiger partial charge in [-0.05, 0) is 44.0 Å². The van der Waals surface area contributed by atoms with E-state index in [-0.39, 0.29) is 5.91 Å². The van der Waals surface area contributed by atoms with E-state index in [0.29, 0.717) is 26.1 Å². The molecule has 4 heteroatoms. The fourth-order valence-corrected chi connectivity index (χ4v) is 1.62. The zero-order valence-electron chi connectivity index (χ0n) is 10.9. The van der Waals surface area contributed by atoms with Gasteiger partial charge in [0.2, 0.25) is 5.91 Å². The first-order chi connectivity index (χ1) is 8.76. The fraction of sp³-hybridized carbons (Fsp3) is 0.500. The number of rotatable bonds is 8. The SMILES string of the molecule is CCOc1ccc(CC(=O)NCCCCN)cc1. The van der Waals surface area contributed by atoms with Gasteiger partial charge in [-0.3, -0.25) is 4.79 Å². The van der Waals surface area contributed by atoms with Gasteiger partial charge in [0.25, 0.3) is 0 Å². The first-order valence-corrected chi connectivity index (χ1v) is 6.44. The van der Waals surface area contributed by atoms with Crippen LogP contribution in [0.1, 0.15) is 25.3 Å². The number of unbranched alkanes of at least 4 members (excludes halogenated alkanes) is 1. The average Bonchev–Trinajstić information content (AvgIpc) is 2.37. The second-order valence-electron chi connectivity index (χ2n) is 4.10. The van der Waals surface area contributed by atoms with E-state index in [9.17, 15) is 4.79 Å². The van der Waals surface area contributed by atoms with Crippen molar-refractivity contribution in [1.82, 2.24) is 5.32 Å². The molecule has 1 aromatic carbocycles. The summed E-state index contributed by atoms with van der Waals surface area (Å²) in [5.41, 5.74) is 6.38. The normalized spacial score (nSPS) is 10.1. The lowest BCUT2D eigenvalue weighted by atomic mass is 10.1. The molecule has 0 fully saturated rings. The van der Waals surface area contributed by atoms with E-state index in [1.54, 1.807) is 0 Å². The van der Waals surface area contributed by atoms with E-state index in [0.717, 1.165) is 24.2 Å². The molecule has 1 aromatic rings. The van der Waals surface area contributed by atoms with E-state index in [1.807, 2.05) is 31.2 Å². The molecule has 0 spiro atoms. The van der Waals surface area contributed by atoms with Crippen molar-refractivity contribution in [3.8, 4) is 5.75 Å². The minimum Gasteiger partial charge on any atom is -0.494 e. The first kappa shape index (κ1) is 14.5. The summed E-state index contributed by atoms with van der Waals surface area (Å²) >= 11 is 0. The van der Waals surface area contributed by atoms with Crippen molar-refractivity contribution in [3.05, 3.63) is 29.8 Å². The molecule has 0 atom stereocenters. The van der Waals surface area contributed by atoms with Crippen molar-refractivity contribution in [3.63, 3.8) is 0 Å². The fourth-order valence-electron chi connectivity index (χ4n) is 1.62. The van der Waals surface area contributed by atoms with Gasteiger partial charge in [0, 0.05) is 6.54 Å². The molecule has 18 heavy (non-hydrogen) atoms. The molecule has 0 radical (unpaired) electrons. The molecule has 0 unspecified atom stereocenters. The highest BCUT2D eigenvalue weighted by atomic mass is 16.5. The molecule has 100 valence electrons. The maximum absolute atomic E-state index is 11.6. The lowest BCUT2D eigenvalue weighted by Gasteiger charge is -2.06. The number of hydrogen-bond donors (Lipinski definition) is 2. The Balaban J connectivity index is 2.30. The number of carbonyl (C=O) groups excluding carboxylic acids is 1. The van der Waals surface area contributed by atoms with Crippen LogP contribution >= 0.6 is 0 Å². The highest BCUT2D eigenvalue weighted by molar-refractivity contribution is 5.78. The summed E-state index contributed by atoms with van der Waals surface area (Å²) in [4.78, 5) is 11.6. The third-order valence-corrected chi connectivity index (χ3v) is 2.55. The van der Waals surface area contributed by atoms with Crippen molar-refractivity contribution in [2.75, 3.05) is 19.7 Å². The number of benzene rings is 1. The van der Waals surface area contributed by atoms with Crippen LogP contribution < -0.4 is 15.8 Å². The first-order valence-electron chi connectivity index (χ1n) is 6.44. The number of nitrogens with two attached hydrogens (primary N) is 1. The number of amides is 1. The highest BCUT2D eigenvalue weighted by Crippen LogP contribution is 2.12. The summed E-state index contributed by atoms with van der Waals surface area (Å²) in [6, 6.07) is 7.62. The summed E-state index contributed by atoms with van der Waals surface area (Å²) in [5.74, 6) is 0.890. The molecule has 0 bridgehead atoms. The van der Waals surface area contributed by atoms with Gasteiger partial charge in [0.15, 0.2) is 0 Å². The molecular formula is C14H22N2O2. The van der Waals surface area contributed by atoms with E-state index in [4.69, 9.17) is 10.5 Å². The monoisotopic (exact) mass is 250 g/mol. The number of ether oxygens (including phenoxy) is 1. The van der Waals surface area contributed by atoms with Gasteiger partial charge in [0.1, 0.15) is 5.75 Å². The topological polar surface area (TPSA) is 64.3 Å². The lowest BCUT2D eigenvalue weighted by molar-refractivity contribution is -0.120. The van der Waals surface area contributed by atoms with Crippen LogP contribution in [0.25, 0.3) is 0 Å². The zero-order chi connectivity index (χ0) is 13.2. The summed E-state index contributed by atoms with van der Waals surface area (Å²) in [6.07, 6.45) is 2.30. The van der Waals surface area contributed by atoms with Gasteiger partial charge in [-0.15, -0.1) is 0 Å². The van der Waals surface area contributed by atoms with E-state index in [2.05, 4.69) is 5.32 Å². The Hall–Kier alpha value is -1.55. The van der Waals surface area contributed by atoms with E-state index < -0.39 is 0 Å². The molecule has 0 aromatic heterocycles. The van der Waals surface area contributed by atoms with Crippen LogP contribution in [0.4, 0.5) is 0 Å². The molecule has 1 rings (SSSR count). The van der Waals surface area contributed by atoms with Crippen molar-refractivity contribution in [2.24, 2.45) is 5.73 Å². The standard InChI is InChI=1S/C14H22N2O2/c1-2-18-13-7-5-12(6-8-13)11-14(17)16-10-4-3-9-15/h5-8H,2-4,9-11,15H2,1H3,(H,16,17). The predicted octanol–water partition coefficient (Wildman–Crippen LogP) is 1.48. The molecule has 0 aliphatic heterocycles. The largest absolute Gasteiger partial charge is 0.494 e. The molecule has 0 aliphatic rings. The maximum Gasteiger partial charge on any atom is 0.224 e. The van der Waals surface area contributed by atoms with Crippen molar-refractivity contribution < 1.29 is 9.53 Å². The summed E-state index contributed by atoms with van der Waals surface area (Å²) < 4.78 is 5.35. The van der Waals surface area contributed by atoms with Crippen LogP contribution in [-0.2, 0) is 11.2 Å². The van der Waals surface area contributed by atoms with Gasteiger partial charge in [-0.25, -0.2) is 0 Å². The zero-order valence-corrected chi connectivity index (χ0v) is 10.9. The van der Waals surface area contributed by atoms with Gasteiger partial charge in [-0.2, -0.15) is 0 Å². The second kappa shape index (κ2) is 8.53. The van der Waals surface area contributed by atoms with Gasteiger partial charge >= 0.3 is 0 Å². The molecule has 3 N–H and O–H groups in total. The van der Waals surface area contributed by atoms with Crippen molar-refractivity contribution in [1.29, 1.82) is 0 Å². The minimum absolute atomic E-state index is 0.0520. The number of hydrogen-bond acceptors (Lipinski definition) is 3. The molecule has 0 aliphatic carbocycles. The Bertz CT molecular complexity index is 349.